The van der Waals surface area contributed by atoms with Gasteiger partial charge in [-0.25, -0.2) is 4.98 Å². The number of benzene rings is 1. The van der Waals surface area contributed by atoms with Crippen molar-refractivity contribution in [3.05, 3.63) is 54.2 Å². The topological polar surface area (TPSA) is 48.8 Å². The zero-order chi connectivity index (χ0) is 17.6. The fraction of sp³-hybridized carbons (Fsp3) is 0.389. The second-order valence-corrected chi connectivity index (χ2v) is 5.94. The molecular weight excluding hydrogens is 328 g/mol. The van der Waals surface area contributed by atoms with E-state index in [9.17, 15) is 13.9 Å². The number of ether oxygens (including phenoxy) is 1. The van der Waals surface area contributed by atoms with Crippen LogP contribution in [0, 0.1) is 0 Å². The van der Waals surface area contributed by atoms with Gasteiger partial charge in [0.2, 0.25) is 0 Å². The van der Waals surface area contributed by atoms with E-state index in [1.165, 1.54) is 12.1 Å². The number of nitrogens with zero attached hydrogens (tertiary/aromatic N) is 3. The van der Waals surface area contributed by atoms with Gasteiger partial charge in [0.1, 0.15) is 11.6 Å². The van der Waals surface area contributed by atoms with Gasteiger partial charge in [0.15, 0.2) is 0 Å². The summed E-state index contributed by atoms with van der Waals surface area (Å²) in [4.78, 5) is 8.77. The van der Waals surface area contributed by atoms with Gasteiger partial charge < -0.3 is 14.7 Å². The SMILES string of the molecule is OC(CN1CCN(c2ccccn2)CC1)c1ccc(OC(F)F)cc1. The van der Waals surface area contributed by atoms with Crippen molar-refractivity contribution in [1.82, 2.24) is 9.88 Å². The van der Waals surface area contributed by atoms with Crippen molar-refractivity contribution in [2.45, 2.75) is 12.7 Å². The molecule has 1 aliphatic heterocycles. The number of alkyl halides is 2. The largest absolute Gasteiger partial charge is 0.435 e. The van der Waals surface area contributed by atoms with E-state index < -0.39 is 12.7 Å². The first-order valence-corrected chi connectivity index (χ1v) is 8.23. The lowest BCUT2D eigenvalue weighted by Gasteiger charge is -2.36. The van der Waals surface area contributed by atoms with E-state index in [1.807, 2.05) is 18.2 Å². The zero-order valence-electron chi connectivity index (χ0n) is 13.8. The van der Waals surface area contributed by atoms with Gasteiger partial charge >= 0.3 is 6.61 Å². The Balaban J connectivity index is 1.50. The van der Waals surface area contributed by atoms with Crippen molar-refractivity contribution in [2.75, 3.05) is 37.6 Å². The standard InChI is InChI=1S/C18H21F2N3O2/c19-18(20)25-15-6-4-14(5-7-15)16(24)13-22-9-11-23(12-10-22)17-3-1-2-8-21-17/h1-8,16,18,24H,9-13H2. The van der Waals surface area contributed by atoms with Crippen LogP contribution >= 0.6 is 0 Å². The summed E-state index contributed by atoms with van der Waals surface area (Å²) in [6.45, 7) is 1.03. The maximum absolute atomic E-state index is 12.2. The summed E-state index contributed by atoms with van der Waals surface area (Å²) < 4.78 is 28.6. The van der Waals surface area contributed by atoms with Crippen molar-refractivity contribution in [1.29, 1.82) is 0 Å². The molecule has 1 unspecified atom stereocenters. The maximum Gasteiger partial charge on any atom is 0.387 e. The summed E-state index contributed by atoms with van der Waals surface area (Å²) in [6, 6.07) is 12.0. The summed E-state index contributed by atoms with van der Waals surface area (Å²) >= 11 is 0. The number of halogens is 2. The molecule has 5 nitrogen and oxygen atoms in total. The fourth-order valence-corrected chi connectivity index (χ4v) is 2.92. The highest BCUT2D eigenvalue weighted by Crippen LogP contribution is 2.21. The Labute approximate surface area is 145 Å². The first kappa shape index (κ1) is 17.6. The van der Waals surface area contributed by atoms with Crippen LogP contribution in [0.15, 0.2) is 48.7 Å². The molecule has 0 amide bonds. The van der Waals surface area contributed by atoms with Crippen LogP contribution in [0.4, 0.5) is 14.6 Å². The van der Waals surface area contributed by atoms with Gasteiger partial charge in [0.05, 0.1) is 6.10 Å². The van der Waals surface area contributed by atoms with Crippen molar-refractivity contribution in [2.24, 2.45) is 0 Å². The van der Waals surface area contributed by atoms with Gasteiger partial charge in [0.25, 0.3) is 0 Å². The molecule has 25 heavy (non-hydrogen) atoms. The van der Waals surface area contributed by atoms with Crippen LogP contribution in [0.5, 0.6) is 5.75 Å². The molecule has 0 saturated carbocycles. The number of pyridine rings is 1. The zero-order valence-corrected chi connectivity index (χ0v) is 13.8. The van der Waals surface area contributed by atoms with Crippen LogP contribution in [0.25, 0.3) is 0 Å². The van der Waals surface area contributed by atoms with E-state index in [-0.39, 0.29) is 5.75 Å². The fourth-order valence-electron chi connectivity index (χ4n) is 2.92. The summed E-state index contributed by atoms with van der Waals surface area (Å²) in [5, 5.41) is 10.4. The van der Waals surface area contributed by atoms with Gasteiger partial charge in [-0.1, -0.05) is 18.2 Å². The highest BCUT2D eigenvalue weighted by Gasteiger charge is 2.20. The molecule has 1 aromatic heterocycles. The quantitative estimate of drug-likeness (QED) is 0.869. The molecule has 134 valence electrons. The maximum atomic E-state index is 12.2. The first-order valence-electron chi connectivity index (χ1n) is 8.23. The molecule has 1 aromatic carbocycles. The van der Waals surface area contributed by atoms with Crippen LogP contribution in [0.3, 0.4) is 0 Å². The number of hydrogen-bond acceptors (Lipinski definition) is 5. The van der Waals surface area contributed by atoms with Gasteiger partial charge in [-0.15, -0.1) is 0 Å². The van der Waals surface area contributed by atoms with Crippen LogP contribution in [-0.2, 0) is 0 Å². The minimum atomic E-state index is -2.84. The number of β-amino-alcohol motifs (C(OH)–C–C–N with tert-alkyl or cyclic N) is 1. The third kappa shape index (κ3) is 4.87. The van der Waals surface area contributed by atoms with E-state index in [1.54, 1.807) is 18.3 Å². The van der Waals surface area contributed by atoms with E-state index >= 15 is 0 Å². The molecule has 1 atom stereocenters. The normalized spacial score (nSPS) is 16.9. The number of anilines is 1. The van der Waals surface area contributed by atoms with Crippen molar-refractivity contribution in [3.63, 3.8) is 0 Å². The second kappa shape index (κ2) is 8.22. The Hall–Kier alpha value is -2.25. The van der Waals surface area contributed by atoms with Gasteiger partial charge in [-0.3, -0.25) is 4.90 Å². The Morgan fingerprint density at radius 3 is 2.36 bits per heavy atom. The second-order valence-electron chi connectivity index (χ2n) is 5.94. The predicted molar refractivity (Wildman–Crippen MR) is 90.9 cm³/mol. The van der Waals surface area contributed by atoms with Crippen LogP contribution < -0.4 is 9.64 Å². The third-order valence-corrected chi connectivity index (χ3v) is 4.27. The van der Waals surface area contributed by atoms with Gasteiger partial charge in [0, 0.05) is 38.9 Å². The van der Waals surface area contributed by atoms with Crippen LogP contribution in [0.1, 0.15) is 11.7 Å². The number of aliphatic hydroxyl groups is 1. The molecule has 2 heterocycles. The Morgan fingerprint density at radius 1 is 1.04 bits per heavy atom. The monoisotopic (exact) mass is 349 g/mol. The number of aliphatic hydroxyl groups excluding tert-OH is 1. The Bertz CT molecular complexity index is 647. The smallest absolute Gasteiger partial charge is 0.387 e. The molecule has 0 aliphatic carbocycles. The van der Waals surface area contributed by atoms with Crippen LogP contribution in [-0.4, -0.2) is 54.3 Å². The molecule has 1 N–H and O–H groups in total. The molecule has 0 bridgehead atoms. The summed E-state index contributed by atoms with van der Waals surface area (Å²) in [7, 11) is 0. The van der Waals surface area contributed by atoms with E-state index in [0.717, 1.165) is 32.0 Å². The molecule has 0 radical (unpaired) electrons. The van der Waals surface area contributed by atoms with Crippen molar-refractivity contribution in [3.8, 4) is 5.75 Å². The average Bonchev–Trinajstić information content (AvgIpc) is 2.63. The van der Waals surface area contributed by atoms with E-state index in [4.69, 9.17) is 0 Å². The Kier molecular flexibility index (Phi) is 5.78. The van der Waals surface area contributed by atoms with Crippen LogP contribution in [0.2, 0.25) is 0 Å². The highest BCUT2D eigenvalue weighted by molar-refractivity contribution is 5.38. The van der Waals surface area contributed by atoms with Gasteiger partial charge in [-0.05, 0) is 29.8 Å². The lowest BCUT2D eigenvalue weighted by atomic mass is 10.1. The first-order chi connectivity index (χ1) is 12.1. The highest BCUT2D eigenvalue weighted by atomic mass is 19.3. The molecule has 2 aromatic rings. The summed E-state index contributed by atoms with van der Waals surface area (Å²) in [5.41, 5.74) is 0.689. The summed E-state index contributed by atoms with van der Waals surface area (Å²) in [6.07, 6.45) is 1.12. The van der Waals surface area contributed by atoms with E-state index in [2.05, 4.69) is 19.5 Å². The minimum Gasteiger partial charge on any atom is -0.435 e. The average molecular weight is 349 g/mol. The third-order valence-electron chi connectivity index (χ3n) is 4.27. The van der Waals surface area contributed by atoms with Crippen molar-refractivity contribution < 1.29 is 18.6 Å². The lowest BCUT2D eigenvalue weighted by molar-refractivity contribution is -0.0498. The molecular formula is C18H21F2N3O2. The minimum absolute atomic E-state index is 0.0925. The molecule has 0 spiro atoms. The number of hydrogen-bond donors (Lipinski definition) is 1. The molecule has 7 heteroatoms. The molecule has 1 saturated heterocycles. The molecule has 1 aliphatic rings. The van der Waals surface area contributed by atoms with Gasteiger partial charge in [-0.2, -0.15) is 8.78 Å². The summed E-state index contributed by atoms with van der Waals surface area (Å²) in [5.74, 6) is 1.06. The lowest BCUT2D eigenvalue weighted by Crippen LogP contribution is -2.47. The van der Waals surface area contributed by atoms with E-state index in [0.29, 0.717) is 12.1 Å². The number of rotatable bonds is 6. The molecule has 1 fully saturated rings. The Morgan fingerprint density at radius 2 is 1.76 bits per heavy atom. The number of aromatic nitrogens is 1. The predicted octanol–water partition coefficient (Wildman–Crippen LogP) is 2.54. The molecule has 3 rings (SSSR count). The number of piperazine rings is 1. The van der Waals surface area contributed by atoms with Crippen molar-refractivity contribution >= 4 is 5.82 Å².